The minimum atomic E-state index is -0.484. The van der Waals surface area contributed by atoms with Crippen LogP contribution in [-0.4, -0.2) is 42.8 Å². The van der Waals surface area contributed by atoms with Gasteiger partial charge in [-0.2, -0.15) is 0 Å². The number of hydrogen-bond acceptors (Lipinski definition) is 4. The minimum Gasteiger partial charge on any atom is -0.444 e. The van der Waals surface area contributed by atoms with E-state index in [9.17, 15) is 4.79 Å². The van der Waals surface area contributed by atoms with E-state index < -0.39 is 5.60 Å². The maximum atomic E-state index is 12.0. The quantitative estimate of drug-likeness (QED) is 0.789. The standard InChI is InChI=1S/C15H21Cl2N3O2/c1-15(2,3)22-14(21)20-6-4-19(5-7-20)13-9-11(17)10(16)8-12(13)18/h8-9H,4-7,18H2,1-3H3. The fraction of sp³-hybridized carbons (Fsp3) is 0.533. The molecule has 0 radical (unpaired) electrons. The number of rotatable bonds is 1. The van der Waals surface area contributed by atoms with Crippen molar-refractivity contribution < 1.29 is 9.53 Å². The monoisotopic (exact) mass is 345 g/mol. The number of amides is 1. The Bertz CT molecular complexity index is 565. The Morgan fingerprint density at radius 1 is 1.14 bits per heavy atom. The Labute approximate surface area is 140 Å². The predicted octanol–water partition coefficient (Wildman–Crippen LogP) is 3.63. The van der Waals surface area contributed by atoms with Crippen molar-refractivity contribution in [3.05, 3.63) is 22.2 Å². The van der Waals surface area contributed by atoms with Crippen LogP contribution in [0.5, 0.6) is 0 Å². The number of carbonyl (C=O) groups is 1. The molecule has 1 aromatic carbocycles. The number of piperazine rings is 1. The molecular weight excluding hydrogens is 325 g/mol. The van der Waals surface area contributed by atoms with Gasteiger partial charge in [0.15, 0.2) is 0 Å². The number of carbonyl (C=O) groups excluding carboxylic acids is 1. The van der Waals surface area contributed by atoms with Crippen molar-refractivity contribution in [3.8, 4) is 0 Å². The molecule has 0 atom stereocenters. The van der Waals surface area contributed by atoms with Crippen LogP contribution in [0.3, 0.4) is 0 Å². The zero-order chi connectivity index (χ0) is 16.5. The highest BCUT2D eigenvalue weighted by molar-refractivity contribution is 6.42. The number of nitrogen functional groups attached to an aromatic ring is 1. The second kappa shape index (κ2) is 6.42. The maximum Gasteiger partial charge on any atom is 0.410 e. The van der Waals surface area contributed by atoms with Gasteiger partial charge in [0.2, 0.25) is 0 Å². The van der Waals surface area contributed by atoms with E-state index in [0.717, 1.165) is 5.69 Å². The number of halogens is 2. The van der Waals surface area contributed by atoms with Crippen LogP contribution in [0.15, 0.2) is 12.1 Å². The maximum absolute atomic E-state index is 12.0. The van der Waals surface area contributed by atoms with Gasteiger partial charge < -0.3 is 20.3 Å². The Hall–Kier alpha value is -1.33. The Balaban J connectivity index is 2.01. The highest BCUT2D eigenvalue weighted by atomic mass is 35.5. The molecule has 7 heteroatoms. The molecular formula is C15H21Cl2N3O2. The molecule has 0 aliphatic carbocycles. The van der Waals surface area contributed by atoms with Crippen molar-refractivity contribution in [3.63, 3.8) is 0 Å². The Morgan fingerprint density at radius 2 is 1.68 bits per heavy atom. The molecule has 0 saturated carbocycles. The van der Waals surface area contributed by atoms with Gasteiger partial charge in [0, 0.05) is 26.2 Å². The van der Waals surface area contributed by atoms with E-state index in [4.69, 9.17) is 33.7 Å². The van der Waals surface area contributed by atoms with E-state index in [1.807, 2.05) is 20.8 Å². The second-order valence-electron chi connectivity index (χ2n) is 6.28. The zero-order valence-electron chi connectivity index (χ0n) is 13.0. The third-order valence-electron chi connectivity index (χ3n) is 3.34. The van der Waals surface area contributed by atoms with Crippen molar-refractivity contribution in [2.45, 2.75) is 26.4 Å². The summed E-state index contributed by atoms with van der Waals surface area (Å²) < 4.78 is 5.38. The van der Waals surface area contributed by atoms with Gasteiger partial charge in [-0.25, -0.2) is 4.79 Å². The molecule has 5 nitrogen and oxygen atoms in total. The SMILES string of the molecule is CC(C)(C)OC(=O)N1CCN(c2cc(Cl)c(Cl)cc2N)CC1. The van der Waals surface area contributed by atoms with Crippen molar-refractivity contribution in [1.29, 1.82) is 0 Å². The zero-order valence-corrected chi connectivity index (χ0v) is 14.5. The topological polar surface area (TPSA) is 58.8 Å². The van der Waals surface area contributed by atoms with Gasteiger partial charge in [-0.3, -0.25) is 0 Å². The number of nitrogens with two attached hydrogens (primary N) is 1. The molecule has 1 heterocycles. The highest BCUT2D eigenvalue weighted by Crippen LogP contribution is 2.33. The Morgan fingerprint density at radius 3 is 2.23 bits per heavy atom. The van der Waals surface area contributed by atoms with Gasteiger partial charge in [0.25, 0.3) is 0 Å². The summed E-state index contributed by atoms with van der Waals surface area (Å²) in [5.41, 5.74) is 6.95. The van der Waals surface area contributed by atoms with Crippen molar-refractivity contribution in [2.24, 2.45) is 0 Å². The average Bonchev–Trinajstić information content (AvgIpc) is 2.41. The first-order valence-electron chi connectivity index (χ1n) is 7.15. The van der Waals surface area contributed by atoms with Gasteiger partial charge in [0.05, 0.1) is 21.4 Å². The normalized spacial score (nSPS) is 15.9. The predicted molar refractivity (Wildman–Crippen MR) is 90.9 cm³/mol. The van der Waals surface area contributed by atoms with E-state index >= 15 is 0 Å². The van der Waals surface area contributed by atoms with E-state index in [1.165, 1.54) is 0 Å². The van der Waals surface area contributed by atoms with Gasteiger partial charge >= 0.3 is 6.09 Å². The highest BCUT2D eigenvalue weighted by Gasteiger charge is 2.26. The molecule has 0 aromatic heterocycles. The van der Waals surface area contributed by atoms with Crippen LogP contribution in [0.2, 0.25) is 10.0 Å². The minimum absolute atomic E-state index is 0.283. The van der Waals surface area contributed by atoms with Gasteiger partial charge in [0.1, 0.15) is 5.60 Å². The summed E-state index contributed by atoms with van der Waals surface area (Å²) in [5.74, 6) is 0. The van der Waals surface area contributed by atoms with Crippen LogP contribution in [0.4, 0.5) is 16.2 Å². The molecule has 0 spiro atoms. The smallest absolute Gasteiger partial charge is 0.410 e. The van der Waals surface area contributed by atoms with Crippen LogP contribution in [0.25, 0.3) is 0 Å². The summed E-state index contributed by atoms with van der Waals surface area (Å²) >= 11 is 12.0. The Kier molecular flexibility index (Phi) is 4.97. The van der Waals surface area contributed by atoms with Crippen molar-refractivity contribution >= 4 is 40.7 Å². The fourth-order valence-electron chi connectivity index (χ4n) is 2.28. The van der Waals surface area contributed by atoms with Crippen molar-refractivity contribution in [1.82, 2.24) is 4.90 Å². The van der Waals surface area contributed by atoms with Gasteiger partial charge in [-0.1, -0.05) is 23.2 Å². The lowest BCUT2D eigenvalue weighted by Gasteiger charge is -2.37. The first-order chi connectivity index (χ1) is 10.2. The number of nitrogens with zero attached hydrogens (tertiary/aromatic N) is 2. The summed E-state index contributed by atoms with van der Waals surface area (Å²) in [6, 6.07) is 3.42. The summed E-state index contributed by atoms with van der Waals surface area (Å²) in [5, 5.41) is 0.913. The molecule has 1 amide bonds. The number of anilines is 2. The van der Waals surface area contributed by atoms with Crippen LogP contribution < -0.4 is 10.6 Å². The molecule has 0 bridgehead atoms. The van der Waals surface area contributed by atoms with Crippen LogP contribution in [0.1, 0.15) is 20.8 Å². The number of hydrogen-bond donors (Lipinski definition) is 1. The van der Waals surface area contributed by atoms with Crippen LogP contribution in [0, 0.1) is 0 Å². The molecule has 22 heavy (non-hydrogen) atoms. The fourth-order valence-corrected chi connectivity index (χ4v) is 2.61. The van der Waals surface area contributed by atoms with E-state index in [2.05, 4.69) is 4.90 Å². The first kappa shape index (κ1) is 17.0. The van der Waals surface area contributed by atoms with E-state index in [-0.39, 0.29) is 6.09 Å². The molecule has 1 saturated heterocycles. The third kappa shape index (κ3) is 4.11. The largest absolute Gasteiger partial charge is 0.444 e. The molecule has 122 valence electrons. The van der Waals surface area contributed by atoms with Crippen LogP contribution >= 0.6 is 23.2 Å². The van der Waals surface area contributed by atoms with Gasteiger partial charge in [-0.05, 0) is 32.9 Å². The molecule has 2 rings (SSSR count). The lowest BCUT2D eigenvalue weighted by Crippen LogP contribution is -2.50. The van der Waals surface area contributed by atoms with Crippen LogP contribution in [-0.2, 0) is 4.74 Å². The summed E-state index contributed by atoms with van der Waals surface area (Å²) in [7, 11) is 0. The molecule has 1 fully saturated rings. The molecule has 1 aromatic rings. The average molecular weight is 346 g/mol. The first-order valence-corrected chi connectivity index (χ1v) is 7.90. The van der Waals surface area contributed by atoms with E-state index in [0.29, 0.717) is 41.9 Å². The third-order valence-corrected chi connectivity index (χ3v) is 4.06. The van der Waals surface area contributed by atoms with Gasteiger partial charge in [-0.15, -0.1) is 0 Å². The molecule has 1 aliphatic heterocycles. The summed E-state index contributed by atoms with van der Waals surface area (Å²) in [6.45, 7) is 8.07. The molecule has 1 aliphatic rings. The molecule has 0 unspecified atom stereocenters. The second-order valence-corrected chi connectivity index (χ2v) is 7.09. The summed E-state index contributed by atoms with van der Waals surface area (Å²) in [6.07, 6.45) is -0.283. The lowest BCUT2D eigenvalue weighted by molar-refractivity contribution is 0.0240. The summed E-state index contributed by atoms with van der Waals surface area (Å²) in [4.78, 5) is 15.8. The van der Waals surface area contributed by atoms with Crippen molar-refractivity contribution in [2.75, 3.05) is 36.8 Å². The number of ether oxygens (including phenoxy) is 1. The molecule has 2 N–H and O–H groups in total. The lowest BCUT2D eigenvalue weighted by atomic mass is 10.2. The number of benzene rings is 1. The van der Waals surface area contributed by atoms with E-state index in [1.54, 1.807) is 17.0 Å².